The minimum atomic E-state index is -0.789. The molecule has 1 aliphatic carbocycles. The number of pyridine rings is 2. The fourth-order valence-electron chi connectivity index (χ4n) is 6.36. The van der Waals surface area contributed by atoms with Gasteiger partial charge in [-0.15, -0.1) is 0 Å². The number of ether oxygens (including phenoxy) is 1. The Morgan fingerprint density at radius 1 is 0.953 bits per heavy atom. The minimum Gasteiger partial charge on any atom is -0.460 e. The molecule has 2 aromatic carbocycles. The average Bonchev–Trinajstić information content (AvgIpc) is 2.92. The molecule has 8 heteroatoms. The summed E-state index contributed by atoms with van der Waals surface area (Å²) in [5.74, 6) is -2.00. The highest BCUT2D eigenvalue weighted by Gasteiger charge is 2.32. The molecule has 1 saturated carbocycles. The molecule has 0 aliphatic heterocycles. The van der Waals surface area contributed by atoms with E-state index < -0.39 is 23.1 Å². The van der Waals surface area contributed by atoms with Crippen molar-refractivity contribution < 1.29 is 27.5 Å². The van der Waals surface area contributed by atoms with E-state index in [4.69, 9.17) is 4.74 Å². The number of halogens is 3. The summed E-state index contributed by atoms with van der Waals surface area (Å²) in [4.78, 5) is 34.8. The monoisotopic (exact) mass is 588 g/mol. The van der Waals surface area contributed by atoms with Crippen LogP contribution in [0.3, 0.4) is 0 Å². The smallest absolute Gasteiger partial charge is 0.306 e. The second kappa shape index (κ2) is 12.3. The molecule has 0 amide bonds. The van der Waals surface area contributed by atoms with Crippen LogP contribution in [-0.4, -0.2) is 27.3 Å². The Labute approximate surface area is 249 Å². The van der Waals surface area contributed by atoms with E-state index in [1.54, 1.807) is 12.4 Å². The molecule has 0 unspecified atom stereocenters. The van der Waals surface area contributed by atoms with Gasteiger partial charge in [0, 0.05) is 47.9 Å². The molecular formula is C35H35F3N2O3. The van der Waals surface area contributed by atoms with E-state index in [-0.39, 0.29) is 57.6 Å². The molecule has 0 spiro atoms. The number of aromatic nitrogens is 2. The van der Waals surface area contributed by atoms with Crippen molar-refractivity contribution in [1.29, 1.82) is 0 Å². The molecule has 0 radical (unpaired) electrons. The molecule has 0 bridgehead atoms. The first-order chi connectivity index (χ1) is 20.4. The van der Waals surface area contributed by atoms with E-state index in [1.165, 1.54) is 30.5 Å². The second-order valence-corrected chi connectivity index (χ2v) is 12.7. The largest absolute Gasteiger partial charge is 0.460 e. The molecule has 0 N–H and O–H groups in total. The Hall–Kier alpha value is -4.07. The lowest BCUT2D eigenvalue weighted by molar-refractivity contribution is -0.156. The van der Waals surface area contributed by atoms with Gasteiger partial charge in [0.25, 0.3) is 0 Å². The van der Waals surface area contributed by atoms with Gasteiger partial charge in [0.05, 0.1) is 11.1 Å². The maximum absolute atomic E-state index is 14.9. The third kappa shape index (κ3) is 6.95. The van der Waals surface area contributed by atoms with Crippen LogP contribution in [0.5, 0.6) is 0 Å². The number of fused-ring (bicyclic) bond motifs is 1. The zero-order valence-electron chi connectivity index (χ0n) is 24.8. The van der Waals surface area contributed by atoms with Crippen LogP contribution in [-0.2, 0) is 16.0 Å². The van der Waals surface area contributed by atoms with Gasteiger partial charge < -0.3 is 4.74 Å². The Morgan fingerprint density at radius 3 is 2.42 bits per heavy atom. The lowest BCUT2D eigenvalue weighted by Gasteiger charge is -2.34. The molecule has 4 aromatic rings. The molecule has 5 nitrogen and oxygen atoms in total. The second-order valence-electron chi connectivity index (χ2n) is 12.7. The number of carbonyl (C=O) groups excluding carboxylic acids is 2. The van der Waals surface area contributed by atoms with Gasteiger partial charge in [-0.3, -0.25) is 19.6 Å². The molecule has 43 heavy (non-hydrogen) atoms. The highest BCUT2D eigenvalue weighted by atomic mass is 19.1. The summed E-state index contributed by atoms with van der Waals surface area (Å²) in [5.41, 5.74) is 1.36. The third-order valence-corrected chi connectivity index (χ3v) is 8.00. The van der Waals surface area contributed by atoms with Crippen molar-refractivity contribution in [3.05, 3.63) is 95.2 Å². The van der Waals surface area contributed by atoms with Crippen LogP contribution in [0.1, 0.15) is 80.8 Å². The summed E-state index contributed by atoms with van der Waals surface area (Å²) >= 11 is 0. The van der Waals surface area contributed by atoms with Gasteiger partial charge in [-0.05, 0) is 105 Å². The number of esters is 1. The predicted octanol–water partition coefficient (Wildman–Crippen LogP) is 8.39. The zero-order chi connectivity index (χ0) is 30.9. The Bertz CT molecular complexity index is 1660. The summed E-state index contributed by atoms with van der Waals surface area (Å²) in [5, 5.41) is 0.00324. The van der Waals surface area contributed by atoms with Crippen LogP contribution in [0, 0.1) is 29.3 Å². The Morgan fingerprint density at radius 2 is 1.70 bits per heavy atom. The summed E-state index contributed by atoms with van der Waals surface area (Å²) < 4.78 is 49.3. The Balaban J connectivity index is 1.41. The number of carbonyl (C=O) groups is 2. The van der Waals surface area contributed by atoms with Crippen molar-refractivity contribution in [2.45, 2.75) is 71.3 Å². The summed E-state index contributed by atoms with van der Waals surface area (Å²) in [7, 11) is 0. The number of benzene rings is 2. The maximum Gasteiger partial charge on any atom is 0.306 e. The molecule has 3 atom stereocenters. The summed E-state index contributed by atoms with van der Waals surface area (Å²) in [6.45, 7) is 7.76. The number of hydrogen-bond donors (Lipinski definition) is 0. The lowest BCUT2D eigenvalue weighted by atomic mass is 9.71. The van der Waals surface area contributed by atoms with Gasteiger partial charge in [-0.2, -0.15) is 0 Å². The molecular weight excluding hydrogens is 553 g/mol. The van der Waals surface area contributed by atoms with Crippen molar-refractivity contribution in [1.82, 2.24) is 9.97 Å². The van der Waals surface area contributed by atoms with Crippen LogP contribution < -0.4 is 0 Å². The van der Waals surface area contributed by atoms with E-state index in [2.05, 4.69) is 16.9 Å². The van der Waals surface area contributed by atoms with Gasteiger partial charge in [-0.1, -0.05) is 13.0 Å². The minimum absolute atomic E-state index is 0.00324. The predicted molar refractivity (Wildman–Crippen MR) is 159 cm³/mol. The molecule has 1 fully saturated rings. The normalized spacial score (nSPS) is 18.9. The van der Waals surface area contributed by atoms with Crippen LogP contribution >= 0.6 is 0 Å². The fourth-order valence-corrected chi connectivity index (χ4v) is 6.36. The average molecular weight is 589 g/mol. The van der Waals surface area contributed by atoms with Gasteiger partial charge in [0.15, 0.2) is 5.78 Å². The summed E-state index contributed by atoms with van der Waals surface area (Å²) in [6.07, 6.45) is 7.68. The first kappa shape index (κ1) is 30.4. The van der Waals surface area contributed by atoms with Crippen molar-refractivity contribution in [3.8, 4) is 11.1 Å². The van der Waals surface area contributed by atoms with Crippen molar-refractivity contribution in [2.24, 2.45) is 11.8 Å². The van der Waals surface area contributed by atoms with Crippen molar-refractivity contribution in [3.63, 3.8) is 0 Å². The fraction of sp³-hybridized carbons (Fsp3) is 0.371. The quantitative estimate of drug-likeness (QED) is 0.160. The van der Waals surface area contributed by atoms with Gasteiger partial charge in [-0.25, -0.2) is 13.2 Å². The summed E-state index contributed by atoms with van der Waals surface area (Å²) in [6, 6.07) is 9.32. The molecule has 1 aliphatic rings. The number of ketones is 1. The van der Waals surface area contributed by atoms with E-state index in [0.29, 0.717) is 12.3 Å². The van der Waals surface area contributed by atoms with Crippen LogP contribution in [0.2, 0.25) is 0 Å². The van der Waals surface area contributed by atoms with Crippen molar-refractivity contribution in [2.75, 3.05) is 0 Å². The van der Waals surface area contributed by atoms with Gasteiger partial charge in [0.1, 0.15) is 23.1 Å². The first-order valence-corrected chi connectivity index (χ1v) is 14.6. The van der Waals surface area contributed by atoms with E-state index in [9.17, 15) is 22.8 Å². The number of hydrogen-bond acceptors (Lipinski definition) is 5. The molecule has 2 aromatic heterocycles. The highest BCUT2D eigenvalue weighted by Crippen LogP contribution is 2.42. The van der Waals surface area contributed by atoms with Crippen LogP contribution in [0.4, 0.5) is 13.2 Å². The van der Waals surface area contributed by atoms with E-state index >= 15 is 0 Å². The standard InChI is InChI=1S/C35H35F3N2O3/c1-20-12-21(15-32(42)43-35(2,3)4)14-22(13-20)25-10-11-39-18-23(25)17-31(41)26-8-9-28(36)27-16-24(19-40-34(26)27)33-29(37)6-5-7-30(33)38/h5-11,16,18-22H,12-15,17H2,1-4H3/t20-,21+,22-/m1/s1. The molecule has 0 saturated heterocycles. The van der Waals surface area contributed by atoms with Crippen LogP contribution in [0.15, 0.2) is 61.1 Å². The topological polar surface area (TPSA) is 69.2 Å². The first-order valence-electron chi connectivity index (χ1n) is 14.6. The van der Waals surface area contributed by atoms with Crippen LogP contribution in [0.25, 0.3) is 22.0 Å². The SMILES string of the molecule is C[C@@H]1C[C@H](CC(=O)OC(C)(C)C)C[C@H](c2ccncc2CC(=O)c2ccc(F)c3cc(-c4c(F)cccc4F)cnc23)C1. The molecule has 224 valence electrons. The lowest BCUT2D eigenvalue weighted by Crippen LogP contribution is -2.28. The van der Waals surface area contributed by atoms with E-state index in [1.807, 2.05) is 26.8 Å². The molecule has 5 rings (SSSR count). The highest BCUT2D eigenvalue weighted by molar-refractivity contribution is 6.08. The number of nitrogens with zero attached hydrogens (tertiary/aromatic N) is 2. The van der Waals surface area contributed by atoms with Gasteiger partial charge in [0.2, 0.25) is 0 Å². The van der Waals surface area contributed by atoms with Gasteiger partial charge >= 0.3 is 5.97 Å². The zero-order valence-corrected chi connectivity index (χ0v) is 24.8. The maximum atomic E-state index is 14.9. The third-order valence-electron chi connectivity index (χ3n) is 8.00. The van der Waals surface area contributed by atoms with E-state index in [0.717, 1.165) is 42.5 Å². The number of rotatable bonds is 7. The molecule has 2 heterocycles. The van der Waals surface area contributed by atoms with Crippen molar-refractivity contribution >= 4 is 22.7 Å². The Kier molecular flexibility index (Phi) is 8.67. The number of Topliss-reactive ketones (excluding diaryl/α,β-unsaturated/α-hetero) is 1.